The quantitative estimate of drug-likeness (QED) is 0.766. The average molecular weight is 261 g/mol. The van der Waals surface area contributed by atoms with Crippen molar-refractivity contribution in [1.82, 2.24) is 10.0 Å². The summed E-state index contributed by atoms with van der Waals surface area (Å²) in [4.78, 5) is 0. The number of nitrogens with zero attached hydrogens (tertiary/aromatic N) is 1. The fourth-order valence-electron chi connectivity index (χ4n) is 4.32. The maximum Gasteiger partial charge on any atom is 0.158 e. The summed E-state index contributed by atoms with van der Waals surface area (Å²) < 4.78 is 0.850. The molecule has 2 nitrogen and oxygen atoms in total. The predicted octanol–water partition coefficient (Wildman–Crippen LogP) is 3.08. The maximum absolute atomic E-state index is 3.74. The first kappa shape index (κ1) is 10.8. The second-order valence-electron chi connectivity index (χ2n) is 6.09. The van der Waals surface area contributed by atoms with Crippen LogP contribution in [0.25, 0.3) is 0 Å². The summed E-state index contributed by atoms with van der Waals surface area (Å²) in [5.41, 5.74) is 9.70. The molecule has 4 bridgehead atoms. The van der Waals surface area contributed by atoms with Gasteiger partial charge in [-0.25, -0.2) is 0 Å². The van der Waals surface area contributed by atoms with Gasteiger partial charge in [-0.1, -0.05) is 42.5 Å². The topological polar surface area (TPSA) is 12.0 Å². The van der Waals surface area contributed by atoms with Gasteiger partial charge in [0.15, 0.2) is 11.4 Å². The van der Waals surface area contributed by atoms with Crippen LogP contribution in [0.15, 0.2) is 77.6 Å². The SMILES string of the molecule is C1=CC2=CC3=C4CN[N+]3(c3ccccc3)CC4C2C=C1. The standard InChI is InChI=1S/C18H17N2/c1-2-7-14(8-3-1)20-12-17-15-9-5-4-6-13(15)10-18(20)16(17)11-19-20/h1-10,15,17,19H,11-12H2/q+1. The lowest BCUT2D eigenvalue weighted by molar-refractivity contribution is 0.243. The zero-order valence-electron chi connectivity index (χ0n) is 11.3. The van der Waals surface area contributed by atoms with Crippen molar-refractivity contribution in [2.24, 2.45) is 11.8 Å². The lowest BCUT2D eigenvalue weighted by Crippen LogP contribution is -2.57. The molecule has 0 radical (unpaired) electrons. The minimum atomic E-state index is 0.588. The van der Waals surface area contributed by atoms with Crippen LogP contribution in [0, 0.1) is 11.8 Å². The Labute approximate surface area is 119 Å². The zero-order chi connectivity index (χ0) is 13.2. The molecule has 3 unspecified atom stereocenters. The van der Waals surface area contributed by atoms with Crippen LogP contribution in [-0.2, 0) is 0 Å². The van der Waals surface area contributed by atoms with E-state index in [0.29, 0.717) is 11.8 Å². The number of fused-ring (bicyclic) bond motifs is 2. The van der Waals surface area contributed by atoms with E-state index in [9.17, 15) is 0 Å². The van der Waals surface area contributed by atoms with Crippen molar-refractivity contribution in [2.45, 2.75) is 0 Å². The fraction of sp³-hybridized carbons (Fsp3) is 0.222. The highest BCUT2D eigenvalue weighted by Gasteiger charge is 2.56. The number of hydrogen-bond acceptors (Lipinski definition) is 1. The molecule has 0 amide bonds. The van der Waals surface area contributed by atoms with Gasteiger partial charge in [0.05, 0.1) is 6.54 Å². The molecule has 2 aliphatic heterocycles. The Kier molecular flexibility index (Phi) is 1.95. The highest BCUT2D eigenvalue weighted by atomic mass is 15.7. The molecule has 0 saturated carbocycles. The summed E-state index contributed by atoms with van der Waals surface area (Å²) in [7, 11) is 0. The van der Waals surface area contributed by atoms with Crippen LogP contribution in [0.3, 0.4) is 0 Å². The van der Waals surface area contributed by atoms with E-state index in [1.54, 1.807) is 5.57 Å². The molecular weight excluding hydrogens is 244 g/mol. The van der Waals surface area contributed by atoms with Crippen LogP contribution in [0.1, 0.15) is 0 Å². The Morgan fingerprint density at radius 2 is 2.00 bits per heavy atom. The molecule has 0 fully saturated rings. The Morgan fingerprint density at radius 1 is 1.10 bits per heavy atom. The molecule has 20 heavy (non-hydrogen) atoms. The van der Waals surface area contributed by atoms with Crippen molar-refractivity contribution in [3.8, 4) is 0 Å². The van der Waals surface area contributed by atoms with Crippen molar-refractivity contribution in [3.63, 3.8) is 0 Å². The molecule has 0 saturated heterocycles. The maximum atomic E-state index is 3.74. The first-order valence-electron chi connectivity index (χ1n) is 7.37. The largest absolute Gasteiger partial charge is 0.181 e. The minimum absolute atomic E-state index is 0.588. The number of hydrogen-bond donors (Lipinski definition) is 1. The number of rotatable bonds is 1. The van der Waals surface area contributed by atoms with Gasteiger partial charge in [-0.3, -0.25) is 0 Å². The van der Waals surface area contributed by atoms with Crippen LogP contribution in [-0.4, -0.2) is 13.1 Å². The summed E-state index contributed by atoms with van der Waals surface area (Å²) in [5, 5.41) is 0. The highest BCUT2D eigenvalue weighted by Crippen LogP contribution is 2.51. The van der Waals surface area contributed by atoms with E-state index in [4.69, 9.17) is 0 Å². The van der Waals surface area contributed by atoms with E-state index in [-0.39, 0.29) is 0 Å². The number of quaternary nitrogens is 1. The zero-order valence-corrected chi connectivity index (χ0v) is 11.3. The summed E-state index contributed by atoms with van der Waals surface area (Å²) >= 11 is 0. The molecule has 1 aromatic rings. The monoisotopic (exact) mass is 261 g/mol. The molecule has 0 aromatic heterocycles. The van der Waals surface area contributed by atoms with E-state index in [1.807, 2.05) is 0 Å². The molecule has 2 aliphatic carbocycles. The molecule has 1 N–H and O–H groups in total. The van der Waals surface area contributed by atoms with Crippen molar-refractivity contribution < 1.29 is 0 Å². The summed E-state index contributed by atoms with van der Waals surface area (Å²) in [5.74, 6) is 1.26. The lowest BCUT2D eigenvalue weighted by Gasteiger charge is -2.34. The van der Waals surface area contributed by atoms with Crippen molar-refractivity contribution >= 4 is 5.69 Å². The number of benzene rings is 1. The minimum Gasteiger partial charge on any atom is -0.181 e. The summed E-state index contributed by atoms with van der Waals surface area (Å²) in [6.45, 7) is 2.18. The van der Waals surface area contributed by atoms with Crippen molar-refractivity contribution in [1.29, 1.82) is 0 Å². The molecule has 2 heteroatoms. The van der Waals surface area contributed by atoms with Gasteiger partial charge >= 0.3 is 0 Å². The van der Waals surface area contributed by atoms with Gasteiger partial charge in [-0.05, 0) is 5.57 Å². The average Bonchev–Trinajstić information content (AvgIpc) is 2.99. The van der Waals surface area contributed by atoms with Crippen molar-refractivity contribution in [2.75, 3.05) is 13.1 Å². The van der Waals surface area contributed by atoms with Crippen LogP contribution < -0.4 is 10.0 Å². The van der Waals surface area contributed by atoms with Crippen LogP contribution in [0.4, 0.5) is 5.69 Å². The molecular formula is C18H17N2+. The van der Waals surface area contributed by atoms with Gasteiger partial charge in [0.25, 0.3) is 0 Å². The second-order valence-corrected chi connectivity index (χ2v) is 6.09. The summed E-state index contributed by atoms with van der Waals surface area (Å²) in [6, 6.07) is 10.9. The van der Waals surface area contributed by atoms with E-state index in [0.717, 1.165) is 17.7 Å². The molecule has 2 heterocycles. The Hall–Kier alpha value is -1.90. The molecule has 4 aliphatic rings. The van der Waals surface area contributed by atoms with Gasteiger partial charge < -0.3 is 0 Å². The van der Waals surface area contributed by atoms with E-state index in [2.05, 4.69) is 66.1 Å². The van der Waals surface area contributed by atoms with E-state index < -0.39 is 0 Å². The second kappa shape index (κ2) is 3.60. The first-order chi connectivity index (χ1) is 9.88. The molecule has 0 spiro atoms. The van der Waals surface area contributed by atoms with Crippen molar-refractivity contribution in [3.05, 3.63) is 77.6 Å². The Morgan fingerprint density at radius 3 is 2.90 bits per heavy atom. The molecule has 1 aromatic carbocycles. The van der Waals surface area contributed by atoms with E-state index >= 15 is 0 Å². The molecule has 98 valence electrons. The Balaban J connectivity index is 1.70. The summed E-state index contributed by atoms with van der Waals surface area (Å²) in [6.07, 6.45) is 11.5. The van der Waals surface area contributed by atoms with Crippen LogP contribution in [0.5, 0.6) is 0 Å². The number of nitrogens with one attached hydrogen (secondary N) is 1. The van der Waals surface area contributed by atoms with Gasteiger partial charge in [0.1, 0.15) is 6.54 Å². The predicted molar refractivity (Wildman–Crippen MR) is 81.5 cm³/mol. The Bertz CT molecular complexity index is 708. The first-order valence-corrected chi connectivity index (χ1v) is 7.37. The number of allylic oxidation sites excluding steroid dienone is 6. The molecule has 3 atom stereocenters. The van der Waals surface area contributed by atoms with Gasteiger partial charge in [-0.2, -0.15) is 10.0 Å². The third-order valence-electron chi connectivity index (χ3n) is 5.23. The normalized spacial score (nSPS) is 36.3. The smallest absolute Gasteiger partial charge is 0.158 e. The lowest BCUT2D eigenvalue weighted by atomic mass is 9.76. The third-order valence-corrected chi connectivity index (χ3v) is 5.23. The highest BCUT2D eigenvalue weighted by molar-refractivity contribution is 5.61. The van der Waals surface area contributed by atoms with Crippen LogP contribution in [0.2, 0.25) is 0 Å². The van der Waals surface area contributed by atoms with Gasteiger partial charge in [0, 0.05) is 35.6 Å². The van der Waals surface area contributed by atoms with Crippen LogP contribution >= 0.6 is 0 Å². The van der Waals surface area contributed by atoms with Gasteiger partial charge in [-0.15, -0.1) is 0 Å². The molecule has 5 rings (SSSR count). The number of para-hydroxylation sites is 1. The third kappa shape index (κ3) is 1.17. The fourth-order valence-corrected chi connectivity index (χ4v) is 4.32. The van der Waals surface area contributed by atoms with Gasteiger partial charge in [0.2, 0.25) is 0 Å². The van der Waals surface area contributed by atoms with E-state index in [1.165, 1.54) is 17.0 Å².